The van der Waals surface area contributed by atoms with Crippen LogP contribution in [-0.4, -0.2) is 66.8 Å². The zero-order valence-electron chi connectivity index (χ0n) is 17.7. The second kappa shape index (κ2) is 8.78. The van der Waals surface area contributed by atoms with E-state index >= 15 is 0 Å². The summed E-state index contributed by atoms with van der Waals surface area (Å²) >= 11 is 0. The number of fused-ring (bicyclic) bond motifs is 1. The lowest BCUT2D eigenvalue weighted by atomic mass is 10.1. The highest BCUT2D eigenvalue weighted by Gasteiger charge is 2.28. The predicted octanol–water partition coefficient (Wildman–Crippen LogP) is 1.56. The summed E-state index contributed by atoms with van der Waals surface area (Å²) < 4.78 is 34.1. The van der Waals surface area contributed by atoms with Gasteiger partial charge in [0.15, 0.2) is 0 Å². The number of hydrogen-bond acceptors (Lipinski definition) is 6. The lowest BCUT2D eigenvalue weighted by Crippen LogP contribution is -2.49. The average molecular weight is 443 g/mol. The molecule has 3 heterocycles. The van der Waals surface area contributed by atoms with Crippen LogP contribution >= 0.6 is 0 Å². The van der Waals surface area contributed by atoms with Crippen LogP contribution in [-0.2, 0) is 16.4 Å². The van der Waals surface area contributed by atoms with Crippen molar-refractivity contribution in [2.75, 3.05) is 39.8 Å². The second-order valence-electron chi connectivity index (χ2n) is 7.58. The first-order valence-corrected chi connectivity index (χ1v) is 11.7. The number of hydrogen-bond donors (Lipinski definition) is 0. The molecule has 0 atom stereocenters. The number of pyridine rings is 1. The van der Waals surface area contributed by atoms with Gasteiger partial charge in [-0.3, -0.25) is 9.20 Å². The van der Waals surface area contributed by atoms with E-state index in [1.165, 1.54) is 11.4 Å². The number of piperazine rings is 1. The molecule has 0 N–H and O–H groups in total. The largest absolute Gasteiger partial charge is 0.497 e. The van der Waals surface area contributed by atoms with Crippen LogP contribution in [0, 0.1) is 6.92 Å². The van der Waals surface area contributed by atoms with Crippen molar-refractivity contribution >= 4 is 15.7 Å². The average Bonchev–Trinajstić information content (AvgIpc) is 2.79. The summed E-state index contributed by atoms with van der Waals surface area (Å²) in [5, 5.41) is 0. The number of aryl methyl sites for hydroxylation is 1. The molecule has 9 heteroatoms. The molecule has 164 valence electrons. The molecule has 1 fully saturated rings. The van der Waals surface area contributed by atoms with E-state index in [0.29, 0.717) is 56.1 Å². The molecule has 1 aromatic carbocycles. The molecule has 0 amide bonds. The molecule has 3 aromatic rings. The summed E-state index contributed by atoms with van der Waals surface area (Å²) in [4.78, 5) is 19.8. The van der Waals surface area contributed by atoms with Crippen molar-refractivity contribution in [1.29, 1.82) is 0 Å². The normalized spacial score (nSPS) is 15.9. The highest BCUT2D eigenvalue weighted by Crippen LogP contribution is 2.22. The molecule has 8 nitrogen and oxygen atoms in total. The first-order chi connectivity index (χ1) is 14.9. The molecule has 1 saturated heterocycles. The van der Waals surface area contributed by atoms with Gasteiger partial charge in [0.05, 0.1) is 12.0 Å². The van der Waals surface area contributed by atoms with E-state index in [9.17, 15) is 13.2 Å². The molecule has 0 unspecified atom stereocenters. The van der Waals surface area contributed by atoms with Crippen molar-refractivity contribution in [3.63, 3.8) is 0 Å². The number of rotatable bonds is 6. The van der Waals surface area contributed by atoms with Crippen LogP contribution in [0.5, 0.6) is 5.75 Å². The molecule has 0 saturated carbocycles. The van der Waals surface area contributed by atoms with Gasteiger partial charge in [-0.2, -0.15) is 4.31 Å². The van der Waals surface area contributed by atoms with E-state index in [2.05, 4.69) is 9.88 Å². The van der Waals surface area contributed by atoms with Crippen LogP contribution in [0.3, 0.4) is 0 Å². The Hall–Kier alpha value is -2.75. The number of benzene rings is 1. The van der Waals surface area contributed by atoms with Gasteiger partial charge >= 0.3 is 0 Å². The zero-order valence-corrected chi connectivity index (χ0v) is 18.5. The Labute approximate surface area is 181 Å². The van der Waals surface area contributed by atoms with Gasteiger partial charge < -0.3 is 9.64 Å². The topological polar surface area (TPSA) is 84.2 Å². The van der Waals surface area contributed by atoms with E-state index < -0.39 is 10.0 Å². The number of aromatic nitrogens is 2. The third-order valence-electron chi connectivity index (χ3n) is 5.72. The van der Waals surface area contributed by atoms with E-state index in [1.54, 1.807) is 34.9 Å². The van der Waals surface area contributed by atoms with Gasteiger partial charge in [-0.25, -0.2) is 13.4 Å². The minimum Gasteiger partial charge on any atom is -0.497 e. The van der Waals surface area contributed by atoms with Gasteiger partial charge in [0.1, 0.15) is 11.4 Å². The molecule has 2 aromatic heterocycles. The SMILES string of the molecule is COc1cccc(S(=O)(=O)N2CCN(CCc3c(C)nc4ccccn4c3=O)CC2)c1. The smallest absolute Gasteiger partial charge is 0.261 e. The quantitative estimate of drug-likeness (QED) is 0.576. The molecule has 31 heavy (non-hydrogen) atoms. The third kappa shape index (κ3) is 4.34. The zero-order chi connectivity index (χ0) is 22.0. The minimum absolute atomic E-state index is 0.0395. The minimum atomic E-state index is -3.56. The predicted molar refractivity (Wildman–Crippen MR) is 118 cm³/mol. The van der Waals surface area contributed by atoms with Gasteiger partial charge in [-0.05, 0) is 37.6 Å². The molecule has 0 radical (unpaired) electrons. The summed E-state index contributed by atoms with van der Waals surface area (Å²) in [7, 11) is -2.04. The molecule has 0 spiro atoms. The van der Waals surface area contributed by atoms with Crippen molar-refractivity contribution in [1.82, 2.24) is 18.6 Å². The fourth-order valence-corrected chi connectivity index (χ4v) is 5.36. The highest BCUT2D eigenvalue weighted by molar-refractivity contribution is 7.89. The van der Waals surface area contributed by atoms with Gasteiger partial charge in [-0.15, -0.1) is 0 Å². The fraction of sp³-hybridized carbons (Fsp3) is 0.364. The lowest BCUT2D eigenvalue weighted by molar-refractivity contribution is 0.190. The summed E-state index contributed by atoms with van der Waals surface area (Å²) in [6, 6.07) is 12.0. The van der Waals surface area contributed by atoms with E-state index in [4.69, 9.17) is 4.74 Å². The highest BCUT2D eigenvalue weighted by atomic mass is 32.2. The molecule has 0 bridgehead atoms. The molecular formula is C22H26N4O4S. The fourth-order valence-electron chi connectivity index (χ4n) is 3.90. The van der Waals surface area contributed by atoms with E-state index in [1.807, 2.05) is 25.1 Å². The summed E-state index contributed by atoms with van der Waals surface area (Å²) in [6.45, 7) is 4.60. The van der Waals surface area contributed by atoms with Crippen LogP contribution < -0.4 is 10.3 Å². The Balaban J connectivity index is 1.41. The first kappa shape index (κ1) is 21.5. The Kier molecular flexibility index (Phi) is 6.08. The third-order valence-corrected chi connectivity index (χ3v) is 7.62. The summed E-state index contributed by atoms with van der Waals surface area (Å²) in [5.41, 5.74) is 2.05. The molecular weight excluding hydrogens is 416 g/mol. The number of ether oxygens (including phenoxy) is 1. The van der Waals surface area contributed by atoms with E-state index in [-0.39, 0.29) is 10.5 Å². The maximum absolute atomic E-state index is 13.0. The Bertz CT molecular complexity index is 1250. The van der Waals surface area contributed by atoms with Crippen LogP contribution in [0.15, 0.2) is 58.4 Å². The van der Waals surface area contributed by atoms with Crippen LogP contribution in [0.2, 0.25) is 0 Å². The Morgan fingerprint density at radius 1 is 1.06 bits per heavy atom. The van der Waals surface area contributed by atoms with E-state index in [0.717, 1.165) is 5.69 Å². The maximum Gasteiger partial charge on any atom is 0.261 e. The van der Waals surface area contributed by atoms with Crippen molar-refractivity contribution < 1.29 is 13.2 Å². The van der Waals surface area contributed by atoms with Crippen molar-refractivity contribution in [2.24, 2.45) is 0 Å². The van der Waals surface area contributed by atoms with Crippen molar-refractivity contribution in [2.45, 2.75) is 18.2 Å². The summed E-state index contributed by atoms with van der Waals surface area (Å²) in [6.07, 6.45) is 2.31. The lowest BCUT2D eigenvalue weighted by Gasteiger charge is -2.34. The molecule has 4 rings (SSSR count). The van der Waals surface area contributed by atoms with Gasteiger partial charge in [-0.1, -0.05) is 12.1 Å². The molecule has 0 aliphatic carbocycles. The number of methoxy groups -OCH3 is 1. The Morgan fingerprint density at radius 2 is 1.84 bits per heavy atom. The second-order valence-corrected chi connectivity index (χ2v) is 9.52. The van der Waals surface area contributed by atoms with Gasteiger partial charge in [0, 0.05) is 56.2 Å². The van der Waals surface area contributed by atoms with Crippen molar-refractivity contribution in [3.8, 4) is 5.75 Å². The standard InChI is InChI=1S/C22H26N4O4S/c1-17-20(22(27)26-10-4-3-8-21(26)23-17)9-11-24-12-14-25(15-13-24)31(28,29)19-7-5-6-18(16-19)30-2/h3-8,10,16H,9,11-15H2,1-2H3. The van der Waals surface area contributed by atoms with Crippen LogP contribution in [0.4, 0.5) is 0 Å². The first-order valence-electron chi connectivity index (χ1n) is 10.2. The molecule has 1 aliphatic rings. The monoisotopic (exact) mass is 442 g/mol. The summed E-state index contributed by atoms with van der Waals surface area (Å²) in [5.74, 6) is 0.519. The number of sulfonamides is 1. The van der Waals surface area contributed by atoms with Gasteiger partial charge in [0.2, 0.25) is 10.0 Å². The number of nitrogens with zero attached hydrogens (tertiary/aromatic N) is 4. The van der Waals surface area contributed by atoms with Crippen molar-refractivity contribution in [3.05, 3.63) is 70.3 Å². The maximum atomic E-state index is 13.0. The molecule has 1 aliphatic heterocycles. The Morgan fingerprint density at radius 3 is 2.58 bits per heavy atom. The van der Waals surface area contributed by atoms with Crippen LogP contribution in [0.1, 0.15) is 11.3 Å². The van der Waals surface area contributed by atoms with Crippen LogP contribution in [0.25, 0.3) is 5.65 Å². The van der Waals surface area contributed by atoms with Gasteiger partial charge in [0.25, 0.3) is 5.56 Å².